The molecule has 2 rings (SSSR count). The maximum atomic E-state index is 3.74. The molecule has 0 spiro atoms. The van der Waals surface area contributed by atoms with Crippen molar-refractivity contribution in [3.63, 3.8) is 0 Å². The van der Waals surface area contributed by atoms with Crippen molar-refractivity contribution in [1.82, 2.24) is 5.32 Å². The van der Waals surface area contributed by atoms with Gasteiger partial charge in [0.2, 0.25) is 0 Å². The van der Waals surface area contributed by atoms with Crippen LogP contribution in [0.1, 0.15) is 46.0 Å². The highest BCUT2D eigenvalue weighted by molar-refractivity contribution is 4.89. The third-order valence-electron chi connectivity index (χ3n) is 3.71. The van der Waals surface area contributed by atoms with Gasteiger partial charge in [0.15, 0.2) is 0 Å². The third kappa shape index (κ3) is 1.66. The van der Waals surface area contributed by atoms with Crippen LogP contribution in [-0.4, -0.2) is 12.1 Å². The van der Waals surface area contributed by atoms with Gasteiger partial charge in [0.1, 0.15) is 0 Å². The Balaban J connectivity index is 1.94. The number of piperidine rings is 1. The van der Waals surface area contributed by atoms with Crippen LogP contribution in [0.3, 0.4) is 0 Å². The Labute approximate surface area is 75.9 Å². The SMILES string of the molecule is CC1CCC2NC(C)CCC2C1. The number of rotatable bonds is 0. The quantitative estimate of drug-likeness (QED) is 0.584. The molecule has 0 aromatic carbocycles. The molecule has 0 amide bonds. The van der Waals surface area contributed by atoms with E-state index in [4.69, 9.17) is 0 Å². The van der Waals surface area contributed by atoms with Crippen molar-refractivity contribution in [3.8, 4) is 0 Å². The van der Waals surface area contributed by atoms with Crippen LogP contribution < -0.4 is 5.32 Å². The van der Waals surface area contributed by atoms with Gasteiger partial charge < -0.3 is 5.32 Å². The zero-order chi connectivity index (χ0) is 8.55. The van der Waals surface area contributed by atoms with E-state index < -0.39 is 0 Å². The van der Waals surface area contributed by atoms with E-state index in [2.05, 4.69) is 19.2 Å². The summed E-state index contributed by atoms with van der Waals surface area (Å²) in [7, 11) is 0. The molecular weight excluding hydrogens is 146 g/mol. The van der Waals surface area contributed by atoms with Gasteiger partial charge in [-0.3, -0.25) is 0 Å². The number of nitrogens with one attached hydrogen (secondary N) is 1. The number of fused-ring (bicyclic) bond motifs is 1. The monoisotopic (exact) mass is 167 g/mol. The molecule has 12 heavy (non-hydrogen) atoms. The van der Waals surface area contributed by atoms with Crippen molar-refractivity contribution >= 4 is 0 Å². The summed E-state index contributed by atoms with van der Waals surface area (Å²) in [4.78, 5) is 0. The molecule has 1 saturated heterocycles. The zero-order valence-electron chi connectivity index (χ0n) is 8.34. The van der Waals surface area contributed by atoms with Crippen molar-refractivity contribution in [1.29, 1.82) is 0 Å². The van der Waals surface area contributed by atoms with E-state index in [0.29, 0.717) is 0 Å². The largest absolute Gasteiger partial charge is 0.311 e. The molecule has 4 unspecified atom stereocenters. The molecule has 1 N–H and O–H groups in total. The lowest BCUT2D eigenvalue weighted by molar-refractivity contribution is 0.151. The molecule has 1 heteroatoms. The first-order chi connectivity index (χ1) is 5.75. The molecule has 4 atom stereocenters. The zero-order valence-corrected chi connectivity index (χ0v) is 8.34. The minimum Gasteiger partial charge on any atom is -0.311 e. The molecule has 70 valence electrons. The molecule has 1 aliphatic carbocycles. The molecular formula is C11H21N. The normalized spacial score (nSPS) is 48.5. The highest BCUT2D eigenvalue weighted by Gasteiger charge is 2.32. The Morgan fingerprint density at radius 3 is 2.67 bits per heavy atom. The summed E-state index contributed by atoms with van der Waals surface area (Å²) in [6, 6.07) is 1.64. The van der Waals surface area contributed by atoms with Crippen molar-refractivity contribution in [2.75, 3.05) is 0 Å². The number of hydrogen-bond acceptors (Lipinski definition) is 1. The summed E-state index contributed by atoms with van der Waals surface area (Å²) in [6.07, 6.45) is 7.22. The van der Waals surface area contributed by atoms with Gasteiger partial charge in [-0.1, -0.05) is 6.92 Å². The van der Waals surface area contributed by atoms with Crippen LogP contribution in [0.4, 0.5) is 0 Å². The van der Waals surface area contributed by atoms with E-state index >= 15 is 0 Å². The molecule has 2 aliphatic rings. The molecule has 2 fully saturated rings. The van der Waals surface area contributed by atoms with Crippen LogP contribution in [-0.2, 0) is 0 Å². The van der Waals surface area contributed by atoms with E-state index in [1.54, 1.807) is 0 Å². The van der Waals surface area contributed by atoms with Crippen LogP contribution in [0.25, 0.3) is 0 Å². The van der Waals surface area contributed by atoms with Crippen molar-refractivity contribution in [2.24, 2.45) is 11.8 Å². The van der Waals surface area contributed by atoms with Crippen LogP contribution in [0.2, 0.25) is 0 Å². The van der Waals surface area contributed by atoms with Gasteiger partial charge in [-0.15, -0.1) is 0 Å². The van der Waals surface area contributed by atoms with E-state index in [-0.39, 0.29) is 0 Å². The van der Waals surface area contributed by atoms with Crippen LogP contribution >= 0.6 is 0 Å². The van der Waals surface area contributed by atoms with Gasteiger partial charge in [0.25, 0.3) is 0 Å². The van der Waals surface area contributed by atoms with E-state index in [0.717, 1.165) is 23.9 Å². The topological polar surface area (TPSA) is 12.0 Å². The van der Waals surface area contributed by atoms with Crippen LogP contribution in [0.5, 0.6) is 0 Å². The van der Waals surface area contributed by atoms with Crippen molar-refractivity contribution in [3.05, 3.63) is 0 Å². The second kappa shape index (κ2) is 3.37. The van der Waals surface area contributed by atoms with Gasteiger partial charge in [-0.05, 0) is 50.9 Å². The Morgan fingerprint density at radius 2 is 1.83 bits per heavy atom. The van der Waals surface area contributed by atoms with E-state index in [1.165, 1.54) is 32.1 Å². The smallest absolute Gasteiger partial charge is 0.00980 e. The minimum atomic E-state index is 0.777. The average molecular weight is 167 g/mol. The Hall–Kier alpha value is -0.0400. The maximum absolute atomic E-state index is 3.74. The highest BCUT2D eigenvalue weighted by atomic mass is 15.0. The summed E-state index contributed by atoms with van der Waals surface area (Å²) in [6.45, 7) is 4.74. The molecule has 0 radical (unpaired) electrons. The first-order valence-electron chi connectivity index (χ1n) is 5.51. The lowest BCUT2D eigenvalue weighted by atomic mass is 9.74. The Morgan fingerprint density at radius 1 is 1.00 bits per heavy atom. The standard InChI is InChI=1S/C11H21N/c1-8-3-6-11-10(7-8)5-4-9(2)12-11/h8-12H,3-7H2,1-2H3. The van der Waals surface area contributed by atoms with Gasteiger partial charge in [-0.2, -0.15) is 0 Å². The molecule has 1 aliphatic heterocycles. The van der Waals surface area contributed by atoms with Crippen LogP contribution in [0, 0.1) is 11.8 Å². The Kier molecular flexibility index (Phi) is 2.40. The highest BCUT2D eigenvalue weighted by Crippen LogP contribution is 2.34. The second-order valence-electron chi connectivity index (χ2n) is 4.93. The van der Waals surface area contributed by atoms with Crippen molar-refractivity contribution in [2.45, 2.75) is 58.0 Å². The lowest BCUT2D eigenvalue weighted by Gasteiger charge is -2.41. The first-order valence-corrected chi connectivity index (χ1v) is 5.51. The second-order valence-corrected chi connectivity index (χ2v) is 4.93. The lowest BCUT2D eigenvalue weighted by Crippen LogP contribution is -2.48. The van der Waals surface area contributed by atoms with Crippen LogP contribution in [0.15, 0.2) is 0 Å². The summed E-state index contributed by atoms with van der Waals surface area (Å²) in [5.41, 5.74) is 0. The molecule has 0 aromatic rings. The predicted molar refractivity (Wildman–Crippen MR) is 52.1 cm³/mol. The molecule has 0 bridgehead atoms. The van der Waals surface area contributed by atoms with Gasteiger partial charge in [0, 0.05) is 12.1 Å². The fraction of sp³-hybridized carbons (Fsp3) is 1.00. The molecule has 1 saturated carbocycles. The van der Waals surface area contributed by atoms with E-state index in [1.807, 2.05) is 0 Å². The molecule has 0 aromatic heterocycles. The predicted octanol–water partition coefficient (Wildman–Crippen LogP) is 2.56. The van der Waals surface area contributed by atoms with E-state index in [9.17, 15) is 0 Å². The fourth-order valence-electron chi connectivity index (χ4n) is 2.95. The minimum absolute atomic E-state index is 0.777. The Bertz CT molecular complexity index is 137. The summed E-state index contributed by atoms with van der Waals surface area (Å²) in [5.74, 6) is 1.99. The van der Waals surface area contributed by atoms with Gasteiger partial charge in [-0.25, -0.2) is 0 Å². The molecule has 1 heterocycles. The summed E-state index contributed by atoms with van der Waals surface area (Å²) in [5, 5.41) is 3.74. The average Bonchev–Trinajstić information content (AvgIpc) is 2.05. The fourth-order valence-corrected chi connectivity index (χ4v) is 2.95. The van der Waals surface area contributed by atoms with Gasteiger partial charge in [0.05, 0.1) is 0 Å². The number of hydrogen-bond donors (Lipinski definition) is 1. The maximum Gasteiger partial charge on any atom is 0.00980 e. The third-order valence-corrected chi connectivity index (χ3v) is 3.71. The summed E-state index contributed by atoms with van der Waals surface area (Å²) < 4.78 is 0. The first kappa shape index (κ1) is 8.55. The summed E-state index contributed by atoms with van der Waals surface area (Å²) >= 11 is 0. The van der Waals surface area contributed by atoms with Crippen molar-refractivity contribution < 1.29 is 0 Å². The van der Waals surface area contributed by atoms with Gasteiger partial charge >= 0.3 is 0 Å². The molecule has 1 nitrogen and oxygen atoms in total.